The quantitative estimate of drug-likeness (QED) is 0.838. The Bertz CT molecular complexity index is 248. The molecule has 0 amide bonds. The molecule has 14 heavy (non-hydrogen) atoms. The third-order valence-corrected chi connectivity index (χ3v) is 2.28. The van der Waals surface area contributed by atoms with Gasteiger partial charge < -0.3 is 10.5 Å². The van der Waals surface area contributed by atoms with Crippen LogP contribution in [0.2, 0.25) is 0 Å². The molecule has 1 unspecified atom stereocenters. The van der Waals surface area contributed by atoms with Crippen LogP contribution in [0.4, 0.5) is 0 Å². The third kappa shape index (κ3) is 3.56. The largest absolute Gasteiger partial charge is 0.497 e. The van der Waals surface area contributed by atoms with Crippen molar-refractivity contribution in [1.29, 1.82) is 0 Å². The maximum Gasteiger partial charge on any atom is 0.118 e. The van der Waals surface area contributed by atoms with E-state index in [4.69, 9.17) is 10.5 Å². The molecule has 1 aromatic carbocycles. The van der Waals surface area contributed by atoms with E-state index in [-0.39, 0.29) is 12.4 Å². The number of hydrogen-bond donors (Lipinski definition) is 1. The van der Waals surface area contributed by atoms with Crippen LogP contribution in [0.1, 0.15) is 24.8 Å². The molecule has 1 rings (SSSR count). The van der Waals surface area contributed by atoms with Crippen molar-refractivity contribution in [1.82, 2.24) is 0 Å². The molecular formula is C11H18ClNO. The van der Waals surface area contributed by atoms with E-state index in [1.165, 1.54) is 5.56 Å². The molecular weight excluding hydrogens is 198 g/mol. The Labute approximate surface area is 91.9 Å². The molecule has 80 valence electrons. The maximum absolute atomic E-state index is 5.50. The van der Waals surface area contributed by atoms with Gasteiger partial charge >= 0.3 is 0 Å². The summed E-state index contributed by atoms with van der Waals surface area (Å²) in [5.74, 6) is 1.44. The summed E-state index contributed by atoms with van der Waals surface area (Å²) in [5.41, 5.74) is 6.82. The summed E-state index contributed by atoms with van der Waals surface area (Å²) in [4.78, 5) is 0. The summed E-state index contributed by atoms with van der Waals surface area (Å²) >= 11 is 0. The lowest BCUT2D eigenvalue weighted by molar-refractivity contribution is 0.414. The van der Waals surface area contributed by atoms with Crippen molar-refractivity contribution < 1.29 is 4.74 Å². The Morgan fingerprint density at radius 1 is 1.29 bits per heavy atom. The maximum atomic E-state index is 5.50. The molecule has 1 aromatic rings. The molecule has 0 aromatic heterocycles. The predicted octanol–water partition coefficient (Wildman–Crippen LogP) is 2.57. The van der Waals surface area contributed by atoms with Crippen LogP contribution in [0.3, 0.4) is 0 Å². The number of nitrogens with two attached hydrogens (primary N) is 1. The van der Waals surface area contributed by atoms with Crippen molar-refractivity contribution in [2.75, 3.05) is 13.7 Å². The van der Waals surface area contributed by atoms with Crippen LogP contribution >= 0.6 is 12.4 Å². The van der Waals surface area contributed by atoms with E-state index < -0.39 is 0 Å². The predicted molar refractivity (Wildman–Crippen MR) is 62.3 cm³/mol. The summed E-state index contributed by atoms with van der Waals surface area (Å²) in [6.45, 7) is 2.93. The zero-order valence-electron chi connectivity index (χ0n) is 8.69. The average molecular weight is 216 g/mol. The van der Waals surface area contributed by atoms with Gasteiger partial charge in [-0.2, -0.15) is 0 Å². The lowest BCUT2D eigenvalue weighted by atomic mass is 9.98. The van der Waals surface area contributed by atoms with Crippen LogP contribution in [-0.2, 0) is 0 Å². The topological polar surface area (TPSA) is 35.2 Å². The van der Waals surface area contributed by atoms with Crippen molar-refractivity contribution in [2.24, 2.45) is 5.73 Å². The molecule has 0 saturated heterocycles. The lowest BCUT2D eigenvalue weighted by Gasteiger charge is -2.10. The van der Waals surface area contributed by atoms with E-state index in [0.29, 0.717) is 5.92 Å². The summed E-state index contributed by atoms with van der Waals surface area (Å²) in [6, 6.07) is 8.17. The van der Waals surface area contributed by atoms with Gasteiger partial charge in [-0.25, -0.2) is 0 Å². The van der Waals surface area contributed by atoms with Crippen LogP contribution < -0.4 is 10.5 Å². The minimum absolute atomic E-state index is 0. The van der Waals surface area contributed by atoms with Gasteiger partial charge in [-0.05, 0) is 36.6 Å². The summed E-state index contributed by atoms with van der Waals surface area (Å²) in [6.07, 6.45) is 1.03. The standard InChI is InChI=1S/C11H17NO.ClH/c1-9(7-8-12)10-3-5-11(13-2)6-4-10;/h3-6,9H,7-8,12H2,1-2H3;1H. The number of rotatable bonds is 4. The van der Waals surface area contributed by atoms with Crippen LogP contribution in [0.5, 0.6) is 5.75 Å². The highest BCUT2D eigenvalue weighted by molar-refractivity contribution is 5.85. The number of halogens is 1. The van der Waals surface area contributed by atoms with E-state index in [2.05, 4.69) is 19.1 Å². The number of hydrogen-bond acceptors (Lipinski definition) is 2. The van der Waals surface area contributed by atoms with E-state index in [1.54, 1.807) is 7.11 Å². The fraction of sp³-hybridized carbons (Fsp3) is 0.455. The van der Waals surface area contributed by atoms with Crippen LogP contribution in [0, 0.1) is 0 Å². The van der Waals surface area contributed by atoms with E-state index in [9.17, 15) is 0 Å². The molecule has 0 aliphatic heterocycles. The fourth-order valence-electron chi connectivity index (χ4n) is 1.35. The van der Waals surface area contributed by atoms with E-state index in [1.807, 2.05) is 12.1 Å². The first-order valence-corrected chi connectivity index (χ1v) is 4.62. The number of benzene rings is 1. The Morgan fingerprint density at radius 3 is 2.29 bits per heavy atom. The second-order valence-electron chi connectivity index (χ2n) is 3.25. The monoisotopic (exact) mass is 215 g/mol. The average Bonchev–Trinajstić information content (AvgIpc) is 2.18. The first kappa shape index (κ1) is 13.3. The first-order chi connectivity index (χ1) is 6.27. The summed E-state index contributed by atoms with van der Waals surface area (Å²) in [7, 11) is 1.68. The SMILES string of the molecule is COc1ccc(C(C)CCN)cc1.Cl. The van der Waals surface area contributed by atoms with Crippen LogP contribution in [0.15, 0.2) is 24.3 Å². The highest BCUT2D eigenvalue weighted by Crippen LogP contribution is 2.20. The van der Waals surface area contributed by atoms with E-state index >= 15 is 0 Å². The molecule has 0 radical (unpaired) electrons. The van der Waals surface area contributed by atoms with Gasteiger partial charge in [-0.15, -0.1) is 12.4 Å². The number of ether oxygens (including phenoxy) is 1. The Hall–Kier alpha value is -0.730. The van der Waals surface area contributed by atoms with Gasteiger partial charge in [0.1, 0.15) is 5.75 Å². The zero-order valence-corrected chi connectivity index (χ0v) is 9.51. The van der Waals surface area contributed by atoms with Gasteiger partial charge in [0.2, 0.25) is 0 Å². The van der Waals surface area contributed by atoms with Crippen molar-refractivity contribution in [3.8, 4) is 5.75 Å². The van der Waals surface area contributed by atoms with Gasteiger partial charge in [0.15, 0.2) is 0 Å². The van der Waals surface area contributed by atoms with Gasteiger partial charge in [0.05, 0.1) is 7.11 Å². The first-order valence-electron chi connectivity index (χ1n) is 4.62. The second-order valence-corrected chi connectivity index (χ2v) is 3.25. The van der Waals surface area contributed by atoms with E-state index in [0.717, 1.165) is 18.7 Å². The lowest BCUT2D eigenvalue weighted by Crippen LogP contribution is -2.04. The molecule has 0 aliphatic carbocycles. The highest BCUT2D eigenvalue weighted by atomic mass is 35.5. The van der Waals surface area contributed by atoms with Crippen molar-refractivity contribution in [3.63, 3.8) is 0 Å². The molecule has 2 N–H and O–H groups in total. The fourth-order valence-corrected chi connectivity index (χ4v) is 1.35. The normalized spacial score (nSPS) is 11.6. The minimum Gasteiger partial charge on any atom is -0.497 e. The molecule has 0 heterocycles. The molecule has 0 aliphatic rings. The highest BCUT2D eigenvalue weighted by Gasteiger charge is 2.03. The molecule has 3 heteroatoms. The second kappa shape index (κ2) is 6.68. The molecule has 0 saturated carbocycles. The molecule has 1 atom stereocenters. The zero-order chi connectivity index (χ0) is 9.68. The molecule has 0 spiro atoms. The van der Waals surface area contributed by atoms with Crippen molar-refractivity contribution in [3.05, 3.63) is 29.8 Å². The van der Waals surface area contributed by atoms with Gasteiger partial charge in [0, 0.05) is 0 Å². The smallest absolute Gasteiger partial charge is 0.118 e. The van der Waals surface area contributed by atoms with Crippen molar-refractivity contribution >= 4 is 12.4 Å². The molecule has 0 fully saturated rings. The van der Waals surface area contributed by atoms with Crippen molar-refractivity contribution in [2.45, 2.75) is 19.3 Å². The summed E-state index contributed by atoms with van der Waals surface area (Å²) in [5, 5.41) is 0. The number of methoxy groups -OCH3 is 1. The van der Waals surface area contributed by atoms with Gasteiger partial charge in [-0.3, -0.25) is 0 Å². The Balaban J connectivity index is 0.00000169. The van der Waals surface area contributed by atoms with Gasteiger partial charge in [-0.1, -0.05) is 19.1 Å². The van der Waals surface area contributed by atoms with Gasteiger partial charge in [0.25, 0.3) is 0 Å². The Morgan fingerprint density at radius 2 is 1.86 bits per heavy atom. The summed E-state index contributed by atoms with van der Waals surface area (Å²) < 4.78 is 5.08. The van der Waals surface area contributed by atoms with Crippen LogP contribution in [-0.4, -0.2) is 13.7 Å². The third-order valence-electron chi connectivity index (χ3n) is 2.28. The van der Waals surface area contributed by atoms with Crippen LogP contribution in [0.25, 0.3) is 0 Å². The molecule has 2 nitrogen and oxygen atoms in total. The minimum atomic E-state index is 0. The Kier molecular flexibility index (Phi) is 6.34. The molecule has 0 bridgehead atoms.